The van der Waals surface area contributed by atoms with Crippen molar-refractivity contribution in [3.05, 3.63) is 23.8 Å². The molecule has 0 unspecified atom stereocenters. The van der Waals surface area contributed by atoms with Gasteiger partial charge in [0.15, 0.2) is 30.4 Å². The summed E-state index contributed by atoms with van der Waals surface area (Å²) in [6, 6.07) is 4.73. The predicted molar refractivity (Wildman–Crippen MR) is 99.9 cm³/mol. The minimum atomic E-state index is -1.94. The Balaban J connectivity index is 1.58. The summed E-state index contributed by atoms with van der Waals surface area (Å²) < 4.78 is 26.3. The molecule has 12 heteroatoms. The second-order valence-corrected chi connectivity index (χ2v) is 7.49. The van der Waals surface area contributed by atoms with Gasteiger partial charge in [0.2, 0.25) is 0 Å². The maximum absolute atomic E-state index is 10.2. The molecule has 1 aromatic carbocycles. The van der Waals surface area contributed by atoms with E-state index in [0.717, 1.165) is 5.56 Å². The van der Waals surface area contributed by atoms with E-state index in [1.165, 1.54) is 13.2 Å². The third kappa shape index (κ3) is 5.09. The maximum Gasteiger partial charge on any atom is 0.192 e. The third-order valence-electron chi connectivity index (χ3n) is 5.29. The van der Waals surface area contributed by atoms with Crippen molar-refractivity contribution in [3.8, 4) is 11.5 Å². The highest BCUT2D eigenvalue weighted by Crippen LogP contribution is 2.30. The van der Waals surface area contributed by atoms with E-state index in [-0.39, 0.29) is 18.1 Å². The normalized spacial score (nSPS) is 38.4. The van der Waals surface area contributed by atoms with E-state index in [1.54, 1.807) is 12.1 Å². The van der Waals surface area contributed by atoms with Gasteiger partial charge in [-0.05, 0) is 24.1 Å². The van der Waals surface area contributed by atoms with E-state index >= 15 is 0 Å². The molecule has 2 aliphatic rings. The molecule has 31 heavy (non-hydrogen) atoms. The molecule has 0 aliphatic carbocycles. The van der Waals surface area contributed by atoms with Gasteiger partial charge in [-0.2, -0.15) is 0 Å². The Morgan fingerprint density at radius 2 is 1.77 bits per heavy atom. The molecule has 0 spiro atoms. The van der Waals surface area contributed by atoms with Gasteiger partial charge >= 0.3 is 0 Å². The molecule has 12 nitrogen and oxygen atoms in total. The molecule has 176 valence electrons. The van der Waals surface area contributed by atoms with Crippen LogP contribution in [-0.2, 0) is 25.4 Å². The van der Waals surface area contributed by atoms with Crippen molar-refractivity contribution in [2.24, 2.45) is 0 Å². The molecule has 7 N–H and O–H groups in total. The lowest BCUT2D eigenvalue weighted by Gasteiger charge is -2.40. The van der Waals surface area contributed by atoms with Gasteiger partial charge < -0.3 is 59.4 Å². The van der Waals surface area contributed by atoms with E-state index in [9.17, 15) is 35.7 Å². The van der Waals surface area contributed by atoms with Crippen LogP contribution in [-0.4, -0.2) is 112 Å². The quantitative estimate of drug-likeness (QED) is 0.216. The zero-order valence-corrected chi connectivity index (χ0v) is 16.8. The van der Waals surface area contributed by atoms with E-state index in [4.69, 9.17) is 23.7 Å². The smallest absolute Gasteiger partial charge is 0.192 e. The number of phenols is 1. The largest absolute Gasteiger partial charge is 0.504 e. The number of aromatic hydroxyl groups is 1. The van der Waals surface area contributed by atoms with E-state index in [2.05, 4.69) is 0 Å². The van der Waals surface area contributed by atoms with Gasteiger partial charge in [-0.3, -0.25) is 0 Å². The molecule has 0 aromatic heterocycles. The van der Waals surface area contributed by atoms with Gasteiger partial charge in [0.1, 0.15) is 30.0 Å². The number of ether oxygens (including phenoxy) is 5. The molecular weight excluding hydrogens is 420 g/mol. The minimum Gasteiger partial charge on any atom is -0.504 e. The molecule has 2 aliphatic heterocycles. The Bertz CT molecular complexity index is 732. The van der Waals surface area contributed by atoms with Crippen LogP contribution in [0.5, 0.6) is 11.5 Å². The Hall–Kier alpha value is -1.58. The monoisotopic (exact) mass is 448 g/mol. The number of aliphatic hydroxyl groups excluding tert-OH is 5. The number of methoxy groups -OCH3 is 1. The first-order chi connectivity index (χ1) is 14.7. The average Bonchev–Trinajstić information content (AvgIpc) is 3.05. The van der Waals surface area contributed by atoms with E-state index in [0.29, 0.717) is 6.42 Å². The fourth-order valence-electron chi connectivity index (χ4n) is 3.28. The first kappa shape index (κ1) is 24.1. The highest BCUT2D eigenvalue weighted by molar-refractivity contribution is 5.41. The summed E-state index contributed by atoms with van der Waals surface area (Å²) in [5.41, 5.74) is -1.18. The molecule has 2 heterocycles. The fraction of sp³-hybridized carbons (Fsp3) is 0.684. The summed E-state index contributed by atoms with van der Waals surface area (Å²) in [5.74, 6) is 0.274. The maximum atomic E-state index is 10.2. The Morgan fingerprint density at radius 3 is 2.42 bits per heavy atom. The number of hydrogen-bond donors (Lipinski definition) is 7. The van der Waals surface area contributed by atoms with E-state index < -0.39 is 62.1 Å². The van der Waals surface area contributed by atoms with Crippen LogP contribution in [0.2, 0.25) is 0 Å². The summed E-state index contributed by atoms with van der Waals surface area (Å²) >= 11 is 0. The van der Waals surface area contributed by atoms with Gasteiger partial charge in [0.05, 0.1) is 26.9 Å². The SMILES string of the molecule is COc1cc(CCO[C@@H]2O[C@H](O[C@@H]3OC[C@](O)(CO)[C@H]3O)[C@@H](O)[C@H](O)[C@H]2O)ccc1O. The average molecular weight is 448 g/mol. The Labute approximate surface area is 177 Å². The van der Waals surface area contributed by atoms with Gasteiger partial charge in [-0.15, -0.1) is 0 Å². The predicted octanol–water partition coefficient (Wildman–Crippen LogP) is -2.82. The van der Waals surface area contributed by atoms with Crippen molar-refractivity contribution in [1.82, 2.24) is 0 Å². The Kier molecular flexibility index (Phi) is 7.70. The molecule has 2 fully saturated rings. The Morgan fingerprint density at radius 1 is 1.06 bits per heavy atom. The molecule has 0 bridgehead atoms. The van der Waals surface area contributed by atoms with Crippen LogP contribution < -0.4 is 4.74 Å². The minimum absolute atomic E-state index is 0.0141. The standard InChI is InChI=1S/C19H28O12/c1-27-11-6-9(2-3-10(11)21)4-5-28-16-13(23)12(22)14(24)17(30-16)31-18-15(25)19(26,7-20)8-29-18/h2-3,6,12-18,20-26H,4-5,7-8H2,1H3/t12-,13-,14+,15+,16-,17-,18+,19-/m1/s1. The van der Waals surface area contributed by atoms with Crippen LogP contribution in [0.15, 0.2) is 18.2 Å². The van der Waals surface area contributed by atoms with Crippen LogP contribution in [0.25, 0.3) is 0 Å². The number of benzene rings is 1. The lowest BCUT2D eigenvalue weighted by molar-refractivity contribution is -0.375. The van der Waals surface area contributed by atoms with E-state index in [1.807, 2.05) is 0 Å². The van der Waals surface area contributed by atoms with Crippen LogP contribution in [0.3, 0.4) is 0 Å². The van der Waals surface area contributed by atoms with Crippen LogP contribution in [0, 0.1) is 0 Å². The molecule has 0 amide bonds. The van der Waals surface area contributed by atoms with Gasteiger partial charge in [-0.1, -0.05) is 6.07 Å². The number of hydrogen-bond acceptors (Lipinski definition) is 12. The van der Waals surface area contributed by atoms with Crippen molar-refractivity contribution >= 4 is 0 Å². The lowest BCUT2D eigenvalue weighted by Crippen LogP contribution is -2.60. The summed E-state index contributed by atoms with van der Waals surface area (Å²) in [5, 5.41) is 69.3. The molecule has 3 rings (SSSR count). The summed E-state index contributed by atoms with van der Waals surface area (Å²) in [6.07, 6.45) is -10.7. The third-order valence-corrected chi connectivity index (χ3v) is 5.29. The highest BCUT2D eigenvalue weighted by atomic mass is 16.8. The van der Waals surface area contributed by atoms with Crippen LogP contribution >= 0.6 is 0 Å². The van der Waals surface area contributed by atoms with Crippen molar-refractivity contribution in [3.63, 3.8) is 0 Å². The van der Waals surface area contributed by atoms with Crippen molar-refractivity contribution in [2.45, 2.75) is 55.3 Å². The first-order valence-electron chi connectivity index (χ1n) is 9.65. The molecule has 1 aromatic rings. The van der Waals surface area contributed by atoms with Gasteiger partial charge in [0.25, 0.3) is 0 Å². The zero-order valence-electron chi connectivity index (χ0n) is 16.8. The van der Waals surface area contributed by atoms with Crippen molar-refractivity contribution in [1.29, 1.82) is 0 Å². The van der Waals surface area contributed by atoms with Crippen molar-refractivity contribution in [2.75, 3.05) is 26.9 Å². The molecule has 0 saturated carbocycles. The molecule has 0 radical (unpaired) electrons. The first-order valence-corrected chi connectivity index (χ1v) is 9.65. The highest BCUT2D eigenvalue weighted by Gasteiger charge is 2.52. The van der Waals surface area contributed by atoms with Gasteiger partial charge in [-0.25, -0.2) is 0 Å². The second kappa shape index (κ2) is 9.92. The summed E-state index contributed by atoms with van der Waals surface area (Å²) in [4.78, 5) is 0. The topological polar surface area (TPSA) is 188 Å². The molecule has 8 atom stereocenters. The molecule has 2 saturated heterocycles. The summed E-state index contributed by atoms with van der Waals surface area (Å²) in [6.45, 7) is -1.16. The van der Waals surface area contributed by atoms with Crippen molar-refractivity contribution < 1.29 is 59.4 Å². The van der Waals surface area contributed by atoms with Crippen LogP contribution in [0.4, 0.5) is 0 Å². The van der Waals surface area contributed by atoms with Gasteiger partial charge in [0, 0.05) is 0 Å². The second-order valence-electron chi connectivity index (χ2n) is 7.49. The van der Waals surface area contributed by atoms with Crippen LogP contribution in [0.1, 0.15) is 5.56 Å². The number of phenolic OH excluding ortho intramolecular Hbond substituents is 1. The summed E-state index contributed by atoms with van der Waals surface area (Å²) in [7, 11) is 1.42. The number of rotatable bonds is 8. The number of aliphatic hydroxyl groups is 6. The molecular formula is C19H28O12. The fourth-order valence-corrected chi connectivity index (χ4v) is 3.28. The zero-order chi connectivity index (χ0) is 22.8. The lowest BCUT2D eigenvalue weighted by atomic mass is 10.0.